The molecular weight excluding hydrogens is 183 g/mol. The van der Waals surface area contributed by atoms with Crippen LogP contribution in [0, 0.1) is 12.7 Å². The number of aliphatic hydroxyl groups is 1. The van der Waals surface area contributed by atoms with E-state index in [4.69, 9.17) is 4.74 Å². The minimum absolute atomic E-state index is 0.169. The van der Waals surface area contributed by atoms with Crippen LogP contribution in [0.2, 0.25) is 0 Å². The maximum Gasteiger partial charge on any atom is 0.167 e. The van der Waals surface area contributed by atoms with Crippen molar-refractivity contribution in [3.05, 3.63) is 29.1 Å². The van der Waals surface area contributed by atoms with Gasteiger partial charge < -0.3 is 9.84 Å². The fourth-order valence-corrected chi connectivity index (χ4v) is 1.24. The van der Waals surface area contributed by atoms with Gasteiger partial charge in [0.15, 0.2) is 11.6 Å². The van der Waals surface area contributed by atoms with E-state index in [0.717, 1.165) is 0 Å². The van der Waals surface area contributed by atoms with Crippen LogP contribution in [-0.4, -0.2) is 12.2 Å². The Bertz CT molecular complexity index is 340. The Balaban J connectivity index is 3.30. The highest BCUT2D eigenvalue weighted by atomic mass is 19.1. The number of halogens is 1. The molecule has 1 rings (SSSR count). The minimum Gasteiger partial charge on any atom is -0.494 e. The normalized spacial score (nSPS) is 11.6. The van der Waals surface area contributed by atoms with E-state index in [9.17, 15) is 9.50 Å². The summed E-state index contributed by atoms with van der Waals surface area (Å²) in [4.78, 5) is 0. The van der Waals surface area contributed by atoms with Gasteiger partial charge in [-0.25, -0.2) is 4.39 Å². The van der Waals surface area contributed by atoms with Gasteiger partial charge in [-0.3, -0.25) is 0 Å². The second-order valence-corrected chi connectivity index (χ2v) is 3.87. The van der Waals surface area contributed by atoms with Gasteiger partial charge in [-0.1, -0.05) is 6.07 Å². The van der Waals surface area contributed by atoms with Crippen molar-refractivity contribution in [3.8, 4) is 5.75 Å². The number of hydrogen-bond acceptors (Lipinski definition) is 2. The molecule has 14 heavy (non-hydrogen) atoms. The summed E-state index contributed by atoms with van der Waals surface area (Å²) in [5.41, 5.74) is 0.140. The van der Waals surface area contributed by atoms with Crippen molar-refractivity contribution in [3.63, 3.8) is 0 Å². The number of benzene rings is 1. The van der Waals surface area contributed by atoms with Crippen LogP contribution in [0.3, 0.4) is 0 Å². The number of rotatable bonds is 2. The van der Waals surface area contributed by atoms with E-state index in [1.54, 1.807) is 26.8 Å². The van der Waals surface area contributed by atoms with Gasteiger partial charge >= 0.3 is 0 Å². The average Bonchev–Trinajstić information content (AvgIpc) is 2.07. The van der Waals surface area contributed by atoms with E-state index < -0.39 is 5.60 Å². The standard InChI is InChI=1S/C11H15FO2/c1-7-5-8(11(2,3)13)6-9(14-4)10(7)12/h5-6,13H,1-4H3. The Morgan fingerprint density at radius 3 is 2.36 bits per heavy atom. The highest BCUT2D eigenvalue weighted by Crippen LogP contribution is 2.28. The first-order valence-corrected chi connectivity index (χ1v) is 4.43. The summed E-state index contributed by atoms with van der Waals surface area (Å²) in [6.45, 7) is 4.95. The lowest BCUT2D eigenvalue weighted by Crippen LogP contribution is -2.16. The Kier molecular flexibility index (Phi) is 2.81. The minimum atomic E-state index is -0.980. The van der Waals surface area contributed by atoms with Gasteiger partial charge in [0.2, 0.25) is 0 Å². The van der Waals surface area contributed by atoms with Crippen LogP contribution < -0.4 is 4.74 Å². The molecule has 0 bridgehead atoms. The SMILES string of the molecule is COc1cc(C(C)(C)O)cc(C)c1F. The molecule has 78 valence electrons. The van der Waals surface area contributed by atoms with Gasteiger partial charge in [-0.2, -0.15) is 0 Å². The zero-order valence-electron chi connectivity index (χ0n) is 8.89. The molecule has 0 aliphatic carbocycles. The Labute approximate surface area is 83.3 Å². The van der Waals surface area contributed by atoms with E-state index in [-0.39, 0.29) is 11.6 Å². The molecule has 0 spiro atoms. The second kappa shape index (κ2) is 3.58. The summed E-state index contributed by atoms with van der Waals surface area (Å²) in [5.74, 6) is -0.206. The molecule has 0 atom stereocenters. The molecule has 3 heteroatoms. The quantitative estimate of drug-likeness (QED) is 0.790. The van der Waals surface area contributed by atoms with Crippen LogP contribution >= 0.6 is 0 Å². The van der Waals surface area contributed by atoms with Crippen molar-refractivity contribution in [2.45, 2.75) is 26.4 Å². The topological polar surface area (TPSA) is 29.5 Å². The monoisotopic (exact) mass is 198 g/mol. The molecule has 0 saturated carbocycles. The smallest absolute Gasteiger partial charge is 0.167 e. The molecule has 0 heterocycles. The zero-order valence-corrected chi connectivity index (χ0v) is 8.89. The first-order chi connectivity index (χ1) is 6.36. The van der Waals surface area contributed by atoms with Crippen LogP contribution in [0.5, 0.6) is 5.75 Å². The molecule has 0 aromatic heterocycles. The third-order valence-electron chi connectivity index (χ3n) is 2.15. The highest BCUT2D eigenvalue weighted by molar-refractivity contribution is 5.38. The fourth-order valence-electron chi connectivity index (χ4n) is 1.24. The first-order valence-electron chi connectivity index (χ1n) is 4.43. The Hall–Kier alpha value is -1.09. The molecule has 0 saturated heterocycles. The predicted octanol–water partition coefficient (Wildman–Crippen LogP) is 2.37. The van der Waals surface area contributed by atoms with Gasteiger partial charge in [0, 0.05) is 0 Å². The third-order valence-corrected chi connectivity index (χ3v) is 2.15. The highest BCUT2D eigenvalue weighted by Gasteiger charge is 2.19. The van der Waals surface area contributed by atoms with Gasteiger partial charge in [0.05, 0.1) is 12.7 Å². The third kappa shape index (κ3) is 2.04. The summed E-state index contributed by atoms with van der Waals surface area (Å²) in [6, 6.07) is 3.14. The molecule has 1 aromatic carbocycles. The molecule has 1 N–H and O–H groups in total. The lowest BCUT2D eigenvalue weighted by molar-refractivity contribution is 0.0781. The summed E-state index contributed by atoms with van der Waals surface area (Å²) in [5, 5.41) is 9.75. The van der Waals surface area contributed by atoms with Crippen molar-refractivity contribution >= 4 is 0 Å². The van der Waals surface area contributed by atoms with Crippen molar-refractivity contribution in [1.29, 1.82) is 0 Å². The van der Waals surface area contributed by atoms with E-state index in [1.165, 1.54) is 13.2 Å². The fraction of sp³-hybridized carbons (Fsp3) is 0.455. The number of hydrogen-bond donors (Lipinski definition) is 1. The predicted molar refractivity (Wildman–Crippen MR) is 52.9 cm³/mol. The molecule has 2 nitrogen and oxygen atoms in total. The second-order valence-electron chi connectivity index (χ2n) is 3.87. The van der Waals surface area contributed by atoms with Crippen LogP contribution in [0.25, 0.3) is 0 Å². The average molecular weight is 198 g/mol. The van der Waals surface area contributed by atoms with E-state index in [0.29, 0.717) is 11.1 Å². The summed E-state index contributed by atoms with van der Waals surface area (Å²) >= 11 is 0. The Morgan fingerprint density at radius 2 is 1.93 bits per heavy atom. The van der Waals surface area contributed by atoms with Crippen molar-refractivity contribution < 1.29 is 14.2 Å². The van der Waals surface area contributed by atoms with Gasteiger partial charge in [-0.05, 0) is 38.0 Å². The van der Waals surface area contributed by atoms with E-state index in [1.807, 2.05) is 0 Å². The number of ether oxygens (including phenoxy) is 1. The van der Waals surface area contributed by atoms with Gasteiger partial charge in [0.25, 0.3) is 0 Å². The summed E-state index contributed by atoms with van der Waals surface area (Å²) < 4.78 is 18.2. The van der Waals surface area contributed by atoms with Gasteiger partial charge in [0.1, 0.15) is 0 Å². The number of methoxy groups -OCH3 is 1. The maximum atomic E-state index is 13.4. The van der Waals surface area contributed by atoms with E-state index in [2.05, 4.69) is 0 Å². The molecule has 0 amide bonds. The van der Waals surface area contributed by atoms with Crippen LogP contribution in [0.4, 0.5) is 4.39 Å². The summed E-state index contributed by atoms with van der Waals surface area (Å²) in [6.07, 6.45) is 0. The molecule has 0 aliphatic heterocycles. The van der Waals surface area contributed by atoms with Crippen LogP contribution in [0.15, 0.2) is 12.1 Å². The number of aryl methyl sites for hydroxylation is 1. The van der Waals surface area contributed by atoms with Crippen molar-refractivity contribution in [2.24, 2.45) is 0 Å². The molecular formula is C11H15FO2. The summed E-state index contributed by atoms with van der Waals surface area (Å²) in [7, 11) is 1.41. The first kappa shape index (κ1) is 11.0. The maximum absolute atomic E-state index is 13.4. The van der Waals surface area contributed by atoms with Crippen molar-refractivity contribution in [2.75, 3.05) is 7.11 Å². The molecule has 0 radical (unpaired) electrons. The molecule has 0 unspecified atom stereocenters. The lowest BCUT2D eigenvalue weighted by atomic mass is 9.96. The molecule has 0 fully saturated rings. The molecule has 0 aliphatic rings. The molecule has 1 aromatic rings. The zero-order chi connectivity index (χ0) is 10.9. The van der Waals surface area contributed by atoms with Gasteiger partial charge in [-0.15, -0.1) is 0 Å². The van der Waals surface area contributed by atoms with Crippen molar-refractivity contribution in [1.82, 2.24) is 0 Å². The van der Waals surface area contributed by atoms with E-state index >= 15 is 0 Å². The van der Waals surface area contributed by atoms with Crippen LogP contribution in [0.1, 0.15) is 25.0 Å². The lowest BCUT2D eigenvalue weighted by Gasteiger charge is -2.19. The largest absolute Gasteiger partial charge is 0.494 e. The van der Waals surface area contributed by atoms with Crippen LogP contribution in [-0.2, 0) is 5.60 Å². The Morgan fingerprint density at radius 1 is 1.36 bits per heavy atom.